The second kappa shape index (κ2) is 36.5. The van der Waals surface area contributed by atoms with E-state index < -0.39 is 47.2 Å². The van der Waals surface area contributed by atoms with Gasteiger partial charge in [-0.2, -0.15) is 0 Å². The number of fused-ring (bicyclic) bond motifs is 2. The molecule has 98 heavy (non-hydrogen) atoms. The number of carbonyl (C=O) groups is 7. The highest BCUT2D eigenvalue weighted by Gasteiger charge is 2.33. The number of ketones is 3. The van der Waals surface area contributed by atoms with Gasteiger partial charge in [-0.3, -0.25) is 23.9 Å². The topological polar surface area (TPSA) is 227 Å². The Morgan fingerprint density at radius 1 is 0.551 bits per heavy atom. The lowest BCUT2D eigenvalue weighted by Crippen LogP contribution is -2.45. The maximum absolute atomic E-state index is 15.8. The number of likely N-dealkylation sites (tertiary alicyclic amines) is 1. The van der Waals surface area contributed by atoms with Gasteiger partial charge in [-0.15, -0.1) is 5.10 Å². The van der Waals surface area contributed by atoms with Crippen LogP contribution in [0.25, 0.3) is 21.8 Å². The van der Waals surface area contributed by atoms with Crippen LogP contribution in [0, 0.1) is 35.5 Å². The first-order valence-corrected chi connectivity index (χ1v) is 36.3. The number of alkyl carbamates (subject to hydrolysis) is 1. The number of piperidine rings is 1. The van der Waals surface area contributed by atoms with E-state index in [1.165, 1.54) is 0 Å². The van der Waals surface area contributed by atoms with Gasteiger partial charge in [0.1, 0.15) is 34.2 Å². The van der Waals surface area contributed by atoms with Crippen LogP contribution in [0.5, 0.6) is 0 Å². The summed E-state index contributed by atoms with van der Waals surface area (Å²) in [5.41, 5.74) is 2.34. The number of benzene rings is 3. The van der Waals surface area contributed by atoms with Crippen LogP contribution in [0.2, 0.25) is 0 Å². The van der Waals surface area contributed by atoms with Crippen molar-refractivity contribution < 1.29 is 47.8 Å². The summed E-state index contributed by atoms with van der Waals surface area (Å²) in [5, 5.41) is 21.0. The maximum atomic E-state index is 15.8. The molecule has 7 atom stereocenters. The quantitative estimate of drug-likeness (QED) is 0.0246. The molecule has 19 heteroatoms. The number of aromatic nitrogens is 5. The zero-order chi connectivity index (χ0) is 71.3. The predicted octanol–water partition coefficient (Wildman–Crippen LogP) is 14.9. The van der Waals surface area contributed by atoms with Crippen LogP contribution in [-0.2, 0) is 65.6 Å². The van der Waals surface area contributed by atoms with Crippen LogP contribution in [0.3, 0.4) is 0 Å². The number of hydrogen-bond donors (Lipinski definition) is 3. The van der Waals surface area contributed by atoms with Crippen molar-refractivity contribution in [2.75, 3.05) is 32.7 Å². The van der Waals surface area contributed by atoms with Crippen molar-refractivity contribution in [3.05, 3.63) is 120 Å². The highest BCUT2D eigenvalue weighted by atomic mass is 16.6. The first-order chi connectivity index (χ1) is 46.4. The summed E-state index contributed by atoms with van der Waals surface area (Å²) in [4.78, 5) is 101. The van der Waals surface area contributed by atoms with Crippen molar-refractivity contribution in [1.82, 2.24) is 45.0 Å². The molecule has 6 aromatic rings. The summed E-state index contributed by atoms with van der Waals surface area (Å²) in [6.45, 7) is 29.8. The Balaban J connectivity index is 1.19. The van der Waals surface area contributed by atoms with E-state index in [2.05, 4.69) is 33.2 Å². The van der Waals surface area contributed by atoms with Crippen LogP contribution in [0.15, 0.2) is 97.2 Å². The number of carbonyl (C=O) groups excluding carboxylic acids is 7. The summed E-state index contributed by atoms with van der Waals surface area (Å²) in [6.07, 6.45) is 10.5. The van der Waals surface area contributed by atoms with E-state index in [1.54, 1.807) is 9.13 Å². The van der Waals surface area contributed by atoms with Crippen molar-refractivity contribution in [3.63, 3.8) is 0 Å². The lowest BCUT2D eigenvalue weighted by atomic mass is 9.86. The largest absolute Gasteiger partial charge is 0.444 e. The van der Waals surface area contributed by atoms with Crippen molar-refractivity contribution in [2.45, 2.75) is 242 Å². The Morgan fingerprint density at radius 2 is 1.05 bits per heavy atom. The van der Waals surface area contributed by atoms with E-state index in [-0.39, 0.29) is 78.0 Å². The van der Waals surface area contributed by atoms with Crippen LogP contribution in [0.4, 0.5) is 14.4 Å². The summed E-state index contributed by atoms with van der Waals surface area (Å²) in [7, 11) is 0. The molecule has 0 radical (unpaired) electrons. The predicted molar refractivity (Wildman–Crippen MR) is 387 cm³/mol. The van der Waals surface area contributed by atoms with Gasteiger partial charge in [-0.05, 0) is 187 Å². The fourth-order valence-corrected chi connectivity index (χ4v) is 13.1. The van der Waals surface area contributed by atoms with E-state index in [1.807, 2.05) is 197 Å². The minimum absolute atomic E-state index is 0.0298. The van der Waals surface area contributed by atoms with E-state index in [9.17, 15) is 24.0 Å². The fourth-order valence-electron chi connectivity index (χ4n) is 13.1. The first-order valence-electron chi connectivity index (χ1n) is 36.3. The molecular formula is C79H115N9O10. The minimum atomic E-state index is -0.821. The number of nitrogens with one attached hydrogen (secondary N) is 3. The Bertz CT molecular complexity index is 3560. The third kappa shape index (κ3) is 24.7. The SMILES string of the molecule is CCC(CC(=O)C(Cc1ccccc1)NCC(CCCCn1cc(CC(C)C(=O)N2CCCCC2)nn1)CC(=O)C(Cc1cc2ccccc2n1C(=O)OC(C)(C)C)NCC(CCCCNC(=O)OC(C)(C)C)CC(=O)C(C)C(C)C)Cc1cc2ccccc2n1C(=O)OC(C)(C)C. The number of unbranched alkanes of at least 4 members (excludes halogenated alkanes) is 2. The zero-order valence-corrected chi connectivity index (χ0v) is 61.4. The third-order valence-electron chi connectivity index (χ3n) is 18.7. The van der Waals surface area contributed by atoms with Crippen molar-refractivity contribution in [2.24, 2.45) is 35.5 Å². The molecule has 1 aliphatic heterocycles. The lowest BCUT2D eigenvalue weighted by molar-refractivity contribution is -0.136. The number of para-hydroxylation sites is 2. The molecule has 1 fully saturated rings. The van der Waals surface area contributed by atoms with E-state index >= 15 is 9.59 Å². The Kier molecular flexibility index (Phi) is 29.0. The number of amides is 2. The molecule has 0 saturated carbocycles. The van der Waals surface area contributed by atoms with Crippen LogP contribution >= 0.6 is 0 Å². The van der Waals surface area contributed by atoms with Gasteiger partial charge >= 0.3 is 18.3 Å². The number of hydrogen-bond acceptors (Lipinski definition) is 14. The highest BCUT2D eigenvalue weighted by Crippen LogP contribution is 2.30. The van der Waals surface area contributed by atoms with Crippen LogP contribution < -0.4 is 16.0 Å². The van der Waals surface area contributed by atoms with Crippen molar-refractivity contribution >= 4 is 63.3 Å². The Labute approximate surface area is 583 Å². The number of nitrogens with zero attached hydrogens (tertiary/aromatic N) is 6. The molecule has 536 valence electrons. The van der Waals surface area contributed by atoms with Gasteiger partial charge in [0.25, 0.3) is 0 Å². The molecule has 19 nitrogen and oxygen atoms in total. The summed E-state index contributed by atoms with van der Waals surface area (Å²) >= 11 is 0. The molecule has 0 aliphatic carbocycles. The molecule has 1 aliphatic rings. The zero-order valence-electron chi connectivity index (χ0n) is 61.4. The molecule has 3 aromatic heterocycles. The monoisotopic (exact) mass is 1350 g/mol. The molecule has 7 rings (SSSR count). The first kappa shape index (κ1) is 77.8. The van der Waals surface area contributed by atoms with Gasteiger partial charge in [-0.25, -0.2) is 23.5 Å². The summed E-state index contributed by atoms with van der Waals surface area (Å²) in [6, 6.07) is 27.9. The lowest BCUT2D eigenvalue weighted by Gasteiger charge is -2.29. The molecule has 2 amide bonds. The maximum Gasteiger partial charge on any atom is 0.419 e. The third-order valence-corrected chi connectivity index (χ3v) is 18.7. The van der Waals surface area contributed by atoms with E-state index in [0.29, 0.717) is 102 Å². The molecule has 7 unspecified atom stereocenters. The van der Waals surface area contributed by atoms with Gasteiger partial charge in [0.2, 0.25) is 5.91 Å². The van der Waals surface area contributed by atoms with Crippen LogP contribution in [0.1, 0.15) is 203 Å². The highest BCUT2D eigenvalue weighted by molar-refractivity contribution is 5.93. The molecule has 0 bridgehead atoms. The van der Waals surface area contributed by atoms with Gasteiger partial charge in [0.15, 0.2) is 0 Å². The van der Waals surface area contributed by atoms with Gasteiger partial charge in [0, 0.05) is 98.5 Å². The number of Topliss-reactive ketones (excluding diaryl/α,β-unsaturated/α-hetero) is 3. The van der Waals surface area contributed by atoms with E-state index in [0.717, 1.165) is 72.0 Å². The molecular weight excluding hydrogens is 1230 g/mol. The second-order valence-electron chi connectivity index (χ2n) is 31.0. The number of aryl methyl sites for hydroxylation is 1. The van der Waals surface area contributed by atoms with Gasteiger partial charge in [0.05, 0.1) is 28.8 Å². The fraction of sp³-hybridized carbons (Fsp3) is 0.608. The smallest absolute Gasteiger partial charge is 0.419 e. The van der Waals surface area contributed by atoms with Gasteiger partial charge in [-0.1, -0.05) is 126 Å². The number of rotatable bonds is 36. The Morgan fingerprint density at radius 3 is 1.59 bits per heavy atom. The number of ether oxygens (including phenoxy) is 3. The summed E-state index contributed by atoms with van der Waals surface area (Å²) < 4.78 is 22.5. The minimum Gasteiger partial charge on any atom is -0.444 e. The molecule has 3 N–H and O–H groups in total. The molecule has 4 heterocycles. The second-order valence-corrected chi connectivity index (χ2v) is 31.0. The average molecular weight is 1350 g/mol. The van der Waals surface area contributed by atoms with E-state index in [4.69, 9.17) is 14.2 Å². The van der Waals surface area contributed by atoms with Crippen LogP contribution in [-0.4, -0.2) is 132 Å². The Hall–Kier alpha value is -7.51. The molecule has 3 aromatic carbocycles. The van der Waals surface area contributed by atoms with Crippen molar-refractivity contribution in [1.29, 1.82) is 0 Å². The molecule has 0 spiro atoms. The summed E-state index contributed by atoms with van der Waals surface area (Å²) in [5.74, 6) is -0.564. The molecule has 1 saturated heterocycles. The standard InChI is InChI=1S/C79H115N9O10/c1-15-57(43-64-48-61-34-20-22-36-68(61)87(64)75(94)97-78(9,10)11)45-71(90)66(44-58-30-18-16-19-31-58)81-52-60(33-25-29-41-86-53-63(83-84-86)42-55(4)73(92)85-39-27-17-28-40-85)47-72(91)67(50-65-49-62-35-21-23-37-69(62)88(65)76(95)98-79(12,13)14)82-51-59(46-70(89)56(5)54(2)3)32-24-26-38-80-74(93)96-77(6,7)8/h16,18-23,30-31,34-37,48-49,53-57,59-60,66-67,81-82H,15,17,24-29,32-33,38-47,50-52H2,1-14H3,(H,80,93). The van der Waals surface area contributed by atoms with Gasteiger partial charge < -0.3 is 35.1 Å². The average Bonchev–Trinajstić information content (AvgIpc) is 1.64. The normalized spacial score (nSPS) is 15.3. The van der Waals surface area contributed by atoms with Crippen molar-refractivity contribution in [3.8, 4) is 0 Å².